The van der Waals surface area contributed by atoms with Crippen molar-refractivity contribution in [2.24, 2.45) is 0 Å². The quantitative estimate of drug-likeness (QED) is 0.784. The SMILES string of the molecule is O=C1Nc2ccc(Cl)cc2Oc2c(F)cccc21. The molecule has 0 radical (unpaired) electrons. The van der Waals surface area contributed by atoms with Gasteiger partial charge in [0.2, 0.25) is 0 Å². The molecule has 0 aliphatic carbocycles. The molecule has 0 unspecified atom stereocenters. The van der Waals surface area contributed by atoms with Gasteiger partial charge in [-0.1, -0.05) is 17.7 Å². The molecule has 0 aromatic heterocycles. The second-order valence-corrected chi connectivity index (χ2v) is 4.25. The van der Waals surface area contributed by atoms with Crippen molar-refractivity contribution in [3.63, 3.8) is 0 Å². The number of rotatable bonds is 0. The summed E-state index contributed by atoms with van der Waals surface area (Å²) in [5.74, 6) is -0.767. The molecular weight excluding hydrogens is 257 g/mol. The third-order valence-corrected chi connectivity index (χ3v) is 2.85. The molecule has 18 heavy (non-hydrogen) atoms. The fraction of sp³-hybridized carbons (Fsp3) is 0. The van der Waals surface area contributed by atoms with Crippen LogP contribution in [0.5, 0.6) is 11.5 Å². The molecule has 3 rings (SSSR count). The molecule has 3 nitrogen and oxygen atoms in total. The average Bonchev–Trinajstić information content (AvgIpc) is 2.47. The Morgan fingerprint density at radius 2 is 2.06 bits per heavy atom. The van der Waals surface area contributed by atoms with E-state index in [1.165, 1.54) is 24.3 Å². The second kappa shape index (κ2) is 3.99. The van der Waals surface area contributed by atoms with Crippen molar-refractivity contribution >= 4 is 23.2 Å². The number of halogens is 2. The molecule has 1 aliphatic heterocycles. The molecule has 2 aromatic carbocycles. The van der Waals surface area contributed by atoms with Crippen LogP contribution in [0, 0.1) is 5.82 Å². The summed E-state index contributed by atoms with van der Waals surface area (Å²) in [6.45, 7) is 0. The van der Waals surface area contributed by atoms with E-state index in [1.54, 1.807) is 12.1 Å². The van der Waals surface area contributed by atoms with Gasteiger partial charge in [-0.25, -0.2) is 4.39 Å². The van der Waals surface area contributed by atoms with Gasteiger partial charge >= 0.3 is 0 Å². The molecule has 2 aromatic rings. The zero-order valence-corrected chi connectivity index (χ0v) is 9.79. The first kappa shape index (κ1) is 11.0. The molecule has 1 aliphatic rings. The predicted molar refractivity (Wildman–Crippen MR) is 65.9 cm³/mol. The number of nitrogens with one attached hydrogen (secondary N) is 1. The molecule has 1 heterocycles. The Labute approximate surface area is 107 Å². The normalized spacial score (nSPS) is 12.9. The number of carbonyl (C=O) groups is 1. The largest absolute Gasteiger partial charge is 0.451 e. The van der Waals surface area contributed by atoms with E-state index in [2.05, 4.69) is 5.32 Å². The summed E-state index contributed by atoms with van der Waals surface area (Å²) in [7, 11) is 0. The zero-order valence-electron chi connectivity index (χ0n) is 9.04. The molecule has 0 saturated heterocycles. The van der Waals surface area contributed by atoms with Crippen LogP contribution in [-0.2, 0) is 0 Å². The van der Waals surface area contributed by atoms with Crippen molar-refractivity contribution in [1.82, 2.24) is 0 Å². The van der Waals surface area contributed by atoms with E-state index < -0.39 is 11.7 Å². The van der Waals surface area contributed by atoms with Crippen LogP contribution in [-0.4, -0.2) is 5.91 Å². The topological polar surface area (TPSA) is 38.3 Å². The number of anilines is 1. The van der Waals surface area contributed by atoms with Crippen molar-refractivity contribution < 1.29 is 13.9 Å². The Morgan fingerprint density at radius 1 is 1.22 bits per heavy atom. The third-order valence-electron chi connectivity index (χ3n) is 2.62. The minimum Gasteiger partial charge on any atom is -0.451 e. The van der Waals surface area contributed by atoms with Gasteiger partial charge in [-0.3, -0.25) is 4.79 Å². The van der Waals surface area contributed by atoms with Crippen molar-refractivity contribution in [1.29, 1.82) is 0 Å². The Hall–Kier alpha value is -2.07. The Morgan fingerprint density at radius 3 is 2.89 bits per heavy atom. The number of carbonyl (C=O) groups excluding carboxylic acids is 1. The third kappa shape index (κ3) is 1.71. The highest BCUT2D eigenvalue weighted by Crippen LogP contribution is 2.38. The second-order valence-electron chi connectivity index (χ2n) is 3.81. The maximum Gasteiger partial charge on any atom is 0.259 e. The first-order valence-electron chi connectivity index (χ1n) is 5.22. The number of fused-ring (bicyclic) bond motifs is 2. The van der Waals surface area contributed by atoms with Gasteiger partial charge in [0.25, 0.3) is 5.91 Å². The smallest absolute Gasteiger partial charge is 0.259 e. The van der Waals surface area contributed by atoms with E-state index in [0.717, 1.165) is 0 Å². The van der Waals surface area contributed by atoms with Crippen LogP contribution in [0.1, 0.15) is 10.4 Å². The fourth-order valence-corrected chi connectivity index (χ4v) is 1.94. The minimum absolute atomic E-state index is 0.0870. The molecule has 0 spiro atoms. The maximum atomic E-state index is 13.7. The van der Waals surface area contributed by atoms with E-state index in [-0.39, 0.29) is 11.3 Å². The van der Waals surface area contributed by atoms with Crippen LogP contribution < -0.4 is 10.1 Å². The number of para-hydroxylation sites is 1. The van der Waals surface area contributed by atoms with E-state index in [9.17, 15) is 9.18 Å². The maximum absolute atomic E-state index is 13.7. The Bertz CT molecular complexity index is 657. The molecule has 5 heteroatoms. The Kier molecular flexibility index (Phi) is 2.45. The van der Waals surface area contributed by atoms with E-state index >= 15 is 0 Å². The van der Waals surface area contributed by atoms with E-state index in [4.69, 9.17) is 16.3 Å². The number of benzene rings is 2. The molecule has 1 N–H and O–H groups in total. The summed E-state index contributed by atoms with van der Waals surface area (Å²) in [6, 6.07) is 8.96. The summed E-state index contributed by atoms with van der Waals surface area (Å²) in [6.07, 6.45) is 0. The summed E-state index contributed by atoms with van der Waals surface area (Å²) < 4.78 is 19.1. The van der Waals surface area contributed by atoms with Gasteiger partial charge in [-0.15, -0.1) is 0 Å². The molecule has 0 fully saturated rings. The number of amides is 1. The summed E-state index contributed by atoms with van der Waals surface area (Å²) in [5.41, 5.74) is 0.613. The minimum atomic E-state index is -0.588. The highest BCUT2D eigenvalue weighted by Gasteiger charge is 2.23. The van der Waals surface area contributed by atoms with Gasteiger partial charge in [0.15, 0.2) is 17.3 Å². The van der Waals surface area contributed by atoms with Gasteiger partial charge in [0.1, 0.15) is 0 Å². The zero-order chi connectivity index (χ0) is 12.7. The first-order valence-corrected chi connectivity index (χ1v) is 5.60. The average molecular weight is 264 g/mol. The van der Waals surface area contributed by atoms with Crippen LogP contribution in [0.2, 0.25) is 5.02 Å². The van der Waals surface area contributed by atoms with Crippen LogP contribution >= 0.6 is 11.6 Å². The van der Waals surface area contributed by atoms with Crippen LogP contribution in [0.4, 0.5) is 10.1 Å². The number of hydrogen-bond acceptors (Lipinski definition) is 2. The first-order chi connectivity index (χ1) is 8.65. The van der Waals surface area contributed by atoms with E-state index in [0.29, 0.717) is 16.5 Å². The molecule has 0 saturated carbocycles. The van der Waals surface area contributed by atoms with Crippen molar-refractivity contribution in [3.8, 4) is 11.5 Å². The highest BCUT2D eigenvalue weighted by molar-refractivity contribution is 6.30. The number of hydrogen-bond donors (Lipinski definition) is 1. The number of ether oxygens (including phenoxy) is 1. The lowest BCUT2D eigenvalue weighted by atomic mass is 10.2. The lowest BCUT2D eigenvalue weighted by molar-refractivity contribution is 0.102. The van der Waals surface area contributed by atoms with Gasteiger partial charge in [0.05, 0.1) is 11.3 Å². The van der Waals surface area contributed by atoms with Gasteiger partial charge in [-0.2, -0.15) is 0 Å². The van der Waals surface area contributed by atoms with Gasteiger partial charge in [-0.05, 0) is 24.3 Å². The summed E-state index contributed by atoms with van der Waals surface area (Å²) in [5, 5.41) is 3.09. The molecule has 1 amide bonds. The van der Waals surface area contributed by atoms with Crippen molar-refractivity contribution in [3.05, 3.63) is 52.8 Å². The lowest BCUT2D eigenvalue weighted by Crippen LogP contribution is -2.10. The van der Waals surface area contributed by atoms with Gasteiger partial charge < -0.3 is 10.1 Å². The fourth-order valence-electron chi connectivity index (χ4n) is 1.77. The monoisotopic (exact) mass is 263 g/mol. The van der Waals surface area contributed by atoms with Crippen molar-refractivity contribution in [2.45, 2.75) is 0 Å². The van der Waals surface area contributed by atoms with Crippen LogP contribution in [0.25, 0.3) is 0 Å². The van der Waals surface area contributed by atoms with Crippen molar-refractivity contribution in [2.75, 3.05) is 5.32 Å². The standard InChI is InChI=1S/C13H7ClFNO2/c14-7-4-5-10-11(6-7)18-12-8(13(17)16-10)2-1-3-9(12)15/h1-6H,(H,16,17). The predicted octanol–water partition coefficient (Wildman–Crippen LogP) is 3.84. The Balaban J connectivity index is 2.21. The highest BCUT2D eigenvalue weighted by atomic mass is 35.5. The van der Waals surface area contributed by atoms with Gasteiger partial charge in [0, 0.05) is 11.1 Å². The lowest BCUT2D eigenvalue weighted by Gasteiger charge is -2.08. The van der Waals surface area contributed by atoms with E-state index in [1.807, 2.05) is 0 Å². The molecular formula is C13H7ClFNO2. The summed E-state index contributed by atoms with van der Waals surface area (Å²) in [4.78, 5) is 11.9. The molecule has 0 atom stereocenters. The van der Waals surface area contributed by atoms with Crippen LogP contribution in [0.15, 0.2) is 36.4 Å². The molecule has 90 valence electrons. The van der Waals surface area contributed by atoms with Crippen LogP contribution in [0.3, 0.4) is 0 Å². The molecule has 0 bridgehead atoms. The summed E-state index contributed by atoms with van der Waals surface area (Å²) >= 11 is 5.85.